The molecule has 0 saturated carbocycles. The van der Waals surface area contributed by atoms with Crippen molar-refractivity contribution in [2.75, 3.05) is 5.73 Å². The Kier molecular flexibility index (Phi) is 2.43. The van der Waals surface area contributed by atoms with Gasteiger partial charge in [0.05, 0.1) is 4.92 Å². The minimum absolute atomic E-state index is 0.0486. The van der Waals surface area contributed by atoms with Gasteiger partial charge in [0.1, 0.15) is 0 Å². The second-order valence-electron chi connectivity index (χ2n) is 2.46. The topological polar surface area (TPSA) is 95.2 Å². The van der Waals surface area contributed by atoms with Crippen LogP contribution in [0.5, 0.6) is 0 Å². The van der Waals surface area contributed by atoms with E-state index in [0.29, 0.717) is 5.56 Å². The van der Waals surface area contributed by atoms with Gasteiger partial charge in [0.15, 0.2) is 0 Å². The highest BCUT2D eigenvalue weighted by Crippen LogP contribution is 2.23. The van der Waals surface area contributed by atoms with Crippen LogP contribution >= 0.6 is 0 Å². The van der Waals surface area contributed by atoms with E-state index in [2.05, 4.69) is 0 Å². The predicted molar refractivity (Wildman–Crippen MR) is 45.4 cm³/mol. The molecule has 0 aliphatic rings. The van der Waals surface area contributed by atoms with Crippen LogP contribution in [-0.2, 0) is 6.54 Å². The number of benzene rings is 1. The largest absolute Gasteiger partial charge is 0.398 e. The first-order valence-corrected chi connectivity index (χ1v) is 3.48. The molecule has 0 aromatic heterocycles. The highest BCUT2D eigenvalue weighted by atomic mass is 19.1. The van der Waals surface area contributed by atoms with E-state index in [0.717, 1.165) is 12.1 Å². The van der Waals surface area contributed by atoms with Crippen molar-refractivity contribution in [1.29, 1.82) is 0 Å². The summed E-state index contributed by atoms with van der Waals surface area (Å²) in [6.45, 7) is 0.0486. The quantitative estimate of drug-likeness (QED) is 0.404. The van der Waals surface area contributed by atoms with E-state index in [1.165, 1.54) is 0 Å². The lowest BCUT2D eigenvalue weighted by Gasteiger charge is -2.02. The molecule has 1 aromatic rings. The maximum atomic E-state index is 12.9. The molecule has 0 atom stereocenters. The highest BCUT2D eigenvalue weighted by molar-refractivity contribution is 5.53. The number of nitrogens with two attached hydrogens (primary N) is 2. The lowest BCUT2D eigenvalue weighted by Crippen LogP contribution is -2.04. The number of anilines is 1. The Morgan fingerprint density at radius 2 is 2.15 bits per heavy atom. The number of nitrogens with zero attached hydrogens (tertiary/aromatic N) is 1. The van der Waals surface area contributed by atoms with Gasteiger partial charge in [-0.15, -0.1) is 0 Å². The standard InChI is InChI=1S/C7H8FN3O2/c8-5-2-6(10)4(3-9)1-7(5)11(12)13/h1-2H,3,9-10H2. The summed E-state index contributed by atoms with van der Waals surface area (Å²) in [5.74, 6) is -0.945. The Balaban J connectivity index is 3.30. The number of nitro benzene ring substituents is 1. The summed E-state index contributed by atoms with van der Waals surface area (Å²) >= 11 is 0. The van der Waals surface area contributed by atoms with Crippen molar-refractivity contribution in [1.82, 2.24) is 0 Å². The van der Waals surface area contributed by atoms with Gasteiger partial charge in [-0.1, -0.05) is 0 Å². The number of hydrogen-bond donors (Lipinski definition) is 2. The fourth-order valence-electron chi connectivity index (χ4n) is 0.937. The Labute approximate surface area is 73.3 Å². The van der Waals surface area contributed by atoms with E-state index in [1.54, 1.807) is 0 Å². The summed E-state index contributed by atoms with van der Waals surface area (Å²) in [4.78, 5) is 9.47. The first kappa shape index (κ1) is 9.40. The lowest BCUT2D eigenvalue weighted by atomic mass is 10.1. The molecule has 13 heavy (non-hydrogen) atoms. The number of halogens is 1. The SMILES string of the molecule is NCc1cc([N+](=O)[O-])c(F)cc1N. The van der Waals surface area contributed by atoms with Gasteiger partial charge in [0.2, 0.25) is 5.82 Å². The minimum Gasteiger partial charge on any atom is -0.398 e. The fourth-order valence-corrected chi connectivity index (χ4v) is 0.937. The van der Waals surface area contributed by atoms with Crippen LogP contribution < -0.4 is 11.5 Å². The number of nitrogen functional groups attached to an aromatic ring is 1. The van der Waals surface area contributed by atoms with E-state index in [9.17, 15) is 14.5 Å². The average Bonchev–Trinajstić information content (AvgIpc) is 2.03. The van der Waals surface area contributed by atoms with Crippen LogP contribution in [0.15, 0.2) is 12.1 Å². The van der Waals surface area contributed by atoms with Crippen molar-refractivity contribution in [2.45, 2.75) is 6.54 Å². The van der Waals surface area contributed by atoms with Gasteiger partial charge in [-0.2, -0.15) is 4.39 Å². The lowest BCUT2D eigenvalue weighted by molar-refractivity contribution is -0.387. The maximum absolute atomic E-state index is 12.9. The third-order valence-electron chi connectivity index (χ3n) is 1.63. The first-order chi connectivity index (χ1) is 6.06. The molecular weight excluding hydrogens is 177 g/mol. The monoisotopic (exact) mass is 185 g/mol. The molecular formula is C7H8FN3O2. The van der Waals surface area contributed by atoms with Crippen LogP contribution in [0.3, 0.4) is 0 Å². The highest BCUT2D eigenvalue weighted by Gasteiger charge is 2.16. The fraction of sp³-hybridized carbons (Fsp3) is 0.143. The van der Waals surface area contributed by atoms with E-state index < -0.39 is 16.4 Å². The van der Waals surface area contributed by atoms with E-state index in [4.69, 9.17) is 11.5 Å². The van der Waals surface area contributed by atoms with Gasteiger partial charge < -0.3 is 11.5 Å². The molecule has 1 rings (SSSR count). The smallest absolute Gasteiger partial charge is 0.305 e. The molecule has 0 heterocycles. The number of rotatable bonds is 2. The number of hydrogen-bond acceptors (Lipinski definition) is 4. The summed E-state index contributed by atoms with van der Waals surface area (Å²) < 4.78 is 12.9. The molecule has 4 N–H and O–H groups in total. The Morgan fingerprint density at radius 3 is 2.62 bits per heavy atom. The van der Waals surface area contributed by atoms with Crippen LogP contribution in [-0.4, -0.2) is 4.92 Å². The molecule has 70 valence electrons. The third kappa shape index (κ3) is 1.73. The van der Waals surface area contributed by atoms with Crippen LogP contribution in [0, 0.1) is 15.9 Å². The van der Waals surface area contributed by atoms with Crippen molar-refractivity contribution >= 4 is 11.4 Å². The van der Waals surface area contributed by atoms with Gasteiger partial charge in [-0.05, 0) is 5.56 Å². The maximum Gasteiger partial charge on any atom is 0.305 e. The first-order valence-electron chi connectivity index (χ1n) is 3.48. The van der Waals surface area contributed by atoms with Crippen LogP contribution in [0.2, 0.25) is 0 Å². The van der Waals surface area contributed by atoms with Crippen molar-refractivity contribution < 1.29 is 9.31 Å². The van der Waals surface area contributed by atoms with Crippen molar-refractivity contribution in [2.24, 2.45) is 5.73 Å². The second-order valence-corrected chi connectivity index (χ2v) is 2.46. The molecule has 1 aromatic carbocycles. The van der Waals surface area contributed by atoms with Crippen molar-refractivity contribution in [3.8, 4) is 0 Å². The van der Waals surface area contributed by atoms with E-state index in [-0.39, 0.29) is 12.2 Å². The van der Waals surface area contributed by atoms with Crippen LogP contribution in [0.1, 0.15) is 5.56 Å². The Bertz CT molecular complexity index is 354. The summed E-state index contributed by atoms with van der Waals surface area (Å²) in [6.07, 6.45) is 0. The van der Waals surface area contributed by atoms with Gasteiger partial charge in [-0.3, -0.25) is 10.1 Å². The van der Waals surface area contributed by atoms with Gasteiger partial charge in [0, 0.05) is 24.4 Å². The summed E-state index contributed by atoms with van der Waals surface area (Å²) in [5.41, 5.74) is 10.5. The van der Waals surface area contributed by atoms with Crippen molar-refractivity contribution in [3.05, 3.63) is 33.6 Å². The zero-order valence-corrected chi connectivity index (χ0v) is 6.66. The summed E-state index contributed by atoms with van der Waals surface area (Å²) in [6, 6.07) is 1.95. The van der Waals surface area contributed by atoms with E-state index in [1.807, 2.05) is 0 Å². The molecule has 0 saturated heterocycles. The molecule has 0 spiro atoms. The predicted octanol–water partition coefficient (Wildman–Crippen LogP) is 0.775. The van der Waals surface area contributed by atoms with Crippen LogP contribution in [0.25, 0.3) is 0 Å². The van der Waals surface area contributed by atoms with Gasteiger partial charge in [-0.25, -0.2) is 0 Å². The Hall–Kier alpha value is -1.69. The normalized spacial score (nSPS) is 10.0. The van der Waals surface area contributed by atoms with E-state index >= 15 is 0 Å². The van der Waals surface area contributed by atoms with Gasteiger partial charge in [0.25, 0.3) is 0 Å². The number of nitro groups is 1. The molecule has 0 aliphatic carbocycles. The molecule has 6 heteroatoms. The average molecular weight is 185 g/mol. The summed E-state index contributed by atoms with van der Waals surface area (Å²) in [7, 11) is 0. The molecule has 0 radical (unpaired) electrons. The molecule has 0 bridgehead atoms. The molecule has 0 amide bonds. The second kappa shape index (κ2) is 3.36. The summed E-state index contributed by atoms with van der Waals surface area (Å²) in [5, 5.41) is 10.3. The van der Waals surface area contributed by atoms with Crippen molar-refractivity contribution in [3.63, 3.8) is 0 Å². The zero-order chi connectivity index (χ0) is 10.0. The molecule has 0 unspecified atom stereocenters. The molecule has 5 nitrogen and oxygen atoms in total. The third-order valence-corrected chi connectivity index (χ3v) is 1.63. The molecule has 0 fully saturated rings. The minimum atomic E-state index is -0.945. The molecule has 0 aliphatic heterocycles. The van der Waals surface area contributed by atoms with Gasteiger partial charge >= 0.3 is 5.69 Å². The van der Waals surface area contributed by atoms with Crippen LogP contribution in [0.4, 0.5) is 15.8 Å². The zero-order valence-electron chi connectivity index (χ0n) is 6.66. The Morgan fingerprint density at radius 1 is 1.54 bits per heavy atom.